The van der Waals surface area contributed by atoms with Crippen LogP contribution in [0.1, 0.15) is 19.8 Å². The van der Waals surface area contributed by atoms with Crippen molar-refractivity contribution in [2.75, 3.05) is 24.1 Å². The van der Waals surface area contributed by atoms with Crippen molar-refractivity contribution in [2.45, 2.75) is 19.8 Å². The van der Waals surface area contributed by atoms with Crippen molar-refractivity contribution >= 4 is 23.2 Å². The van der Waals surface area contributed by atoms with Gasteiger partial charge in [-0.1, -0.05) is 19.1 Å². The molecule has 1 fully saturated rings. The highest BCUT2D eigenvalue weighted by atomic mass is 16.2. The quantitative estimate of drug-likeness (QED) is 0.809. The monoisotopic (exact) mass is 261 g/mol. The predicted molar refractivity (Wildman–Crippen MR) is 74.5 cm³/mol. The number of piperidine rings is 1. The number of carbonyl (C=O) groups excluding carboxylic acids is 2. The molecule has 2 amide bonds. The highest BCUT2D eigenvalue weighted by molar-refractivity contribution is 5.97. The van der Waals surface area contributed by atoms with Gasteiger partial charge in [0.1, 0.15) is 0 Å². The van der Waals surface area contributed by atoms with Crippen LogP contribution < -0.4 is 11.1 Å². The summed E-state index contributed by atoms with van der Waals surface area (Å²) in [5.41, 5.74) is 6.87. The van der Waals surface area contributed by atoms with Gasteiger partial charge < -0.3 is 16.0 Å². The molecular weight excluding hydrogens is 242 g/mol. The van der Waals surface area contributed by atoms with Crippen LogP contribution in [0.5, 0.6) is 0 Å². The summed E-state index contributed by atoms with van der Waals surface area (Å²) in [5.74, 6) is -0.133. The summed E-state index contributed by atoms with van der Waals surface area (Å²) in [7, 11) is 0. The molecule has 1 aliphatic heterocycles. The number of likely N-dealkylation sites (tertiary alicyclic amines) is 1. The highest BCUT2D eigenvalue weighted by Crippen LogP contribution is 2.19. The normalized spacial score (nSPS) is 19.3. The Kier molecular flexibility index (Phi) is 4.04. The molecule has 1 heterocycles. The molecule has 1 atom stereocenters. The largest absolute Gasteiger partial charge is 0.397 e. The molecule has 102 valence electrons. The Balaban J connectivity index is 1.94. The number of nitrogen functional groups attached to an aromatic ring is 1. The molecule has 1 saturated heterocycles. The summed E-state index contributed by atoms with van der Waals surface area (Å²) in [5, 5.41) is 2.74. The lowest BCUT2D eigenvalue weighted by atomic mass is 9.99. The minimum Gasteiger partial charge on any atom is -0.397 e. The number of nitrogens with one attached hydrogen (secondary N) is 1. The molecule has 0 aromatic heterocycles. The fourth-order valence-electron chi connectivity index (χ4n) is 2.26. The zero-order valence-corrected chi connectivity index (χ0v) is 11.1. The molecule has 0 radical (unpaired) electrons. The first-order valence-corrected chi connectivity index (χ1v) is 6.51. The number of anilines is 2. The molecule has 1 aliphatic rings. The average Bonchev–Trinajstić information content (AvgIpc) is 2.38. The van der Waals surface area contributed by atoms with Crippen molar-refractivity contribution in [1.29, 1.82) is 0 Å². The van der Waals surface area contributed by atoms with Crippen LogP contribution in [0.2, 0.25) is 0 Å². The minimum atomic E-state index is -0.208. The fourth-order valence-corrected chi connectivity index (χ4v) is 2.26. The van der Waals surface area contributed by atoms with Gasteiger partial charge in [0.05, 0.1) is 17.9 Å². The van der Waals surface area contributed by atoms with E-state index in [4.69, 9.17) is 5.73 Å². The molecule has 0 spiro atoms. The van der Waals surface area contributed by atoms with Crippen LogP contribution in [-0.2, 0) is 9.59 Å². The molecule has 19 heavy (non-hydrogen) atoms. The van der Waals surface area contributed by atoms with Crippen molar-refractivity contribution in [3.8, 4) is 0 Å². The van der Waals surface area contributed by atoms with Crippen LogP contribution in [0.25, 0.3) is 0 Å². The van der Waals surface area contributed by atoms with Gasteiger partial charge in [0.15, 0.2) is 0 Å². The standard InChI is InChI=1S/C14H19N3O2/c1-10-5-4-8-17(14(10)19)9-13(18)16-12-7-3-2-6-11(12)15/h2-3,6-7,10H,4-5,8-9,15H2,1H3,(H,16,18). The van der Waals surface area contributed by atoms with E-state index >= 15 is 0 Å². The first-order chi connectivity index (χ1) is 9.08. The van der Waals surface area contributed by atoms with Gasteiger partial charge in [-0.3, -0.25) is 9.59 Å². The summed E-state index contributed by atoms with van der Waals surface area (Å²) >= 11 is 0. The number of carbonyl (C=O) groups is 2. The summed E-state index contributed by atoms with van der Waals surface area (Å²) in [6, 6.07) is 7.08. The first-order valence-electron chi connectivity index (χ1n) is 6.51. The van der Waals surface area contributed by atoms with Gasteiger partial charge >= 0.3 is 0 Å². The Bertz CT molecular complexity index is 487. The van der Waals surface area contributed by atoms with E-state index in [1.165, 1.54) is 0 Å². The van der Waals surface area contributed by atoms with Crippen LogP contribution >= 0.6 is 0 Å². The van der Waals surface area contributed by atoms with E-state index in [-0.39, 0.29) is 24.3 Å². The summed E-state index contributed by atoms with van der Waals surface area (Å²) in [6.45, 7) is 2.65. The SMILES string of the molecule is CC1CCCN(CC(=O)Nc2ccccc2N)C1=O. The van der Waals surface area contributed by atoms with E-state index in [0.717, 1.165) is 12.8 Å². The summed E-state index contributed by atoms with van der Waals surface area (Å²) < 4.78 is 0. The zero-order valence-electron chi connectivity index (χ0n) is 11.1. The van der Waals surface area contributed by atoms with Crippen molar-refractivity contribution in [2.24, 2.45) is 5.92 Å². The van der Waals surface area contributed by atoms with Crippen LogP contribution in [-0.4, -0.2) is 29.8 Å². The molecule has 5 nitrogen and oxygen atoms in total. The van der Waals surface area contributed by atoms with Crippen molar-refractivity contribution in [3.63, 3.8) is 0 Å². The number of nitrogens with zero attached hydrogens (tertiary/aromatic N) is 1. The fraction of sp³-hybridized carbons (Fsp3) is 0.429. The van der Waals surface area contributed by atoms with Gasteiger partial charge in [0, 0.05) is 12.5 Å². The summed E-state index contributed by atoms with van der Waals surface area (Å²) in [4.78, 5) is 25.4. The van der Waals surface area contributed by atoms with E-state index < -0.39 is 0 Å². The number of amides is 2. The molecule has 0 saturated carbocycles. The van der Waals surface area contributed by atoms with E-state index in [1.54, 1.807) is 29.2 Å². The maximum Gasteiger partial charge on any atom is 0.244 e. The Morgan fingerprint density at radius 2 is 2.21 bits per heavy atom. The van der Waals surface area contributed by atoms with E-state index in [0.29, 0.717) is 17.9 Å². The third kappa shape index (κ3) is 3.24. The van der Waals surface area contributed by atoms with Crippen molar-refractivity contribution in [3.05, 3.63) is 24.3 Å². The van der Waals surface area contributed by atoms with Gasteiger partial charge in [-0.2, -0.15) is 0 Å². The second kappa shape index (κ2) is 5.73. The molecule has 3 N–H and O–H groups in total. The third-order valence-electron chi connectivity index (χ3n) is 3.37. The maximum atomic E-state index is 11.9. The predicted octanol–water partition coefficient (Wildman–Crippen LogP) is 1.47. The van der Waals surface area contributed by atoms with Crippen molar-refractivity contribution in [1.82, 2.24) is 4.90 Å². The molecular formula is C14H19N3O2. The van der Waals surface area contributed by atoms with Crippen molar-refractivity contribution < 1.29 is 9.59 Å². The minimum absolute atomic E-state index is 0.0170. The number of para-hydroxylation sites is 2. The third-order valence-corrected chi connectivity index (χ3v) is 3.37. The molecule has 0 bridgehead atoms. The molecule has 0 aliphatic carbocycles. The van der Waals surface area contributed by atoms with Crippen LogP contribution in [0.4, 0.5) is 11.4 Å². The van der Waals surface area contributed by atoms with Gasteiger partial charge in [0.2, 0.25) is 11.8 Å². The number of hydrogen-bond donors (Lipinski definition) is 2. The Morgan fingerprint density at radius 3 is 2.95 bits per heavy atom. The lowest BCUT2D eigenvalue weighted by molar-refractivity contribution is -0.140. The number of nitrogens with two attached hydrogens (primary N) is 1. The average molecular weight is 261 g/mol. The Morgan fingerprint density at radius 1 is 1.47 bits per heavy atom. The van der Waals surface area contributed by atoms with Gasteiger partial charge in [0.25, 0.3) is 0 Å². The Hall–Kier alpha value is -2.04. The maximum absolute atomic E-state index is 11.9. The van der Waals surface area contributed by atoms with Crippen LogP contribution in [0, 0.1) is 5.92 Å². The van der Waals surface area contributed by atoms with Crippen LogP contribution in [0.15, 0.2) is 24.3 Å². The van der Waals surface area contributed by atoms with E-state index in [1.807, 2.05) is 6.92 Å². The van der Waals surface area contributed by atoms with E-state index in [2.05, 4.69) is 5.32 Å². The molecule has 5 heteroatoms. The molecule has 1 unspecified atom stereocenters. The molecule has 2 rings (SSSR count). The Labute approximate surface area is 112 Å². The smallest absolute Gasteiger partial charge is 0.244 e. The van der Waals surface area contributed by atoms with Gasteiger partial charge in [-0.15, -0.1) is 0 Å². The second-order valence-electron chi connectivity index (χ2n) is 4.94. The highest BCUT2D eigenvalue weighted by Gasteiger charge is 2.26. The number of rotatable bonds is 3. The van der Waals surface area contributed by atoms with Gasteiger partial charge in [-0.05, 0) is 25.0 Å². The van der Waals surface area contributed by atoms with Crippen LogP contribution in [0.3, 0.4) is 0 Å². The lowest BCUT2D eigenvalue weighted by Gasteiger charge is -2.30. The number of benzene rings is 1. The summed E-state index contributed by atoms with van der Waals surface area (Å²) in [6.07, 6.45) is 1.86. The lowest BCUT2D eigenvalue weighted by Crippen LogP contribution is -2.44. The van der Waals surface area contributed by atoms with Gasteiger partial charge in [-0.25, -0.2) is 0 Å². The topological polar surface area (TPSA) is 75.4 Å². The first kappa shape index (κ1) is 13.4. The number of hydrogen-bond acceptors (Lipinski definition) is 3. The molecule has 1 aromatic rings. The molecule has 1 aromatic carbocycles. The second-order valence-corrected chi connectivity index (χ2v) is 4.94. The van der Waals surface area contributed by atoms with E-state index in [9.17, 15) is 9.59 Å². The zero-order chi connectivity index (χ0) is 13.8.